The van der Waals surface area contributed by atoms with E-state index in [0.29, 0.717) is 25.6 Å². The van der Waals surface area contributed by atoms with E-state index in [1.165, 1.54) is 5.56 Å². The zero-order chi connectivity index (χ0) is 15.5. The molecular formula is C18H27O3. The molecule has 0 aliphatic rings. The minimum absolute atomic E-state index is 0.589. The molecule has 117 valence electrons. The maximum absolute atomic E-state index is 5.71. The van der Waals surface area contributed by atoms with Crippen molar-refractivity contribution in [3.63, 3.8) is 0 Å². The zero-order valence-corrected chi connectivity index (χ0v) is 13.5. The van der Waals surface area contributed by atoms with Gasteiger partial charge < -0.3 is 14.2 Å². The van der Waals surface area contributed by atoms with Gasteiger partial charge in [-0.15, -0.1) is 0 Å². The number of rotatable bonds is 10. The summed E-state index contributed by atoms with van der Waals surface area (Å²) in [6.07, 6.45) is 7.01. The SMILES string of the molecule is [CH2]C/C=C/CCc1cc(OCC)c(OCC)c(OCC)c1. The van der Waals surface area contributed by atoms with Gasteiger partial charge in [-0.1, -0.05) is 12.2 Å². The van der Waals surface area contributed by atoms with Crippen LogP contribution in [0.4, 0.5) is 0 Å². The summed E-state index contributed by atoms with van der Waals surface area (Å²) >= 11 is 0. The van der Waals surface area contributed by atoms with E-state index in [0.717, 1.165) is 30.8 Å². The second kappa shape index (κ2) is 10.1. The lowest BCUT2D eigenvalue weighted by Crippen LogP contribution is -2.03. The minimum Gasteiger partial charge on any atom is -0.490 e. The third kappa shape index (κ3) is 5.70. The van der Waals surface area contributed by atoms with Crippen LogP contribution in [0.25, 0.3) is 0 Å². The molecule has 0 saturated carbocycles. The van der Waals surface area contributed by atoms with Crippen molar-refractivity contribution in [2.24, 2.45) is 0 Å². The molecule has 0 amide bonds. The van der Waals surface area contributed by atoms with E-state index >= 15 is 0 Å². The first-order chi connectivity index (χ1) is 10.3. The third-order valence-corrected chi connectivity index (χ3v) is 2.90. The van der Waals surface area contributed by atoms with Gasteiger partial charge in [-0.05, 0) is 64.7 Å². The van der Waals surface area contributed by atoms with Crippen LogP contribution >= 0.6 is 0 Å². The molecule has 0 saturated heterocycles. The maximum Gasteiger partial charge on any atom is 0.203 e. The van der Waals surface area contributed by atoms with Gasteiger partial charge in [0.05, 0.1) is 19.8 Å². The summed E-state index contributed by atoms with van der Waals surface area (Å²) in [5, 5.41) is 0. The lowest BCUT2D eigenvalue weighted by molar-refractivity contribution is 0.260. The minimum atomic E-state index is 0.589. The Morgan fingerprint density at radius 3 is 1.95 bits per heavy atom. The van der Waals surface area contributed by atoms with Crippen LogP contribution in [0.5, 0.6) is 17.2 Å². The average molecular weight is 291 g/mol. The molecule has 21 heavy (non-hydrogen) atoms. The van der Waals surface area contributed by atoms with E-state index < -0.39 is 0 Å². The lowest BCUT2D eigenvalue weighted by atomic mass is 10.1. The molecule has 0 heterocycles. The topological polar surface area (TPSA) is 27.7 Å². The van der Waals surface area contributed by atoms with E-state index in [1.807, 2.05) is 20.8 Å². The summed E-state index contributed by atoms with van der Waals surface area (Å²) in [5.74, 6) is 2.24. The van der Waals surface area contributed by atoms with Crippen molar-refractivity contribution >= 4 is 0 Å². The Morgan fingerprint density at radius 2 is 1.48 bits per heavy atom. The van der Waals surface area contributed by atoms with Gasteiger partial charge in [-0.2, -0.15) is 0 Å². The molecule has 0 fully saturated rings. The van der Waals surface area contributed by atoms with Gasteiger partial charge in [0.1, 0.15) is 0 Å². The van der Waals surface area contributed by atoms with Gasteiger partial charge in [0.25, 0.3) is 0 Å². The van der Waals surface area contributed by atoms with Crippen LogP contribution in [0.2, 0.25) is 0 Å². The normalized spacial score (nSPS) is 10.9. The van der Waals surface area contributed by atoms with E-state index in [4.69, 9.17) is 14.2 Å². The highest BCUT2D eigenvalue weighted by Crippen LogP contribution is 2.39. The number of ether oxygens (including phenoxy) is 3. The first-order valence-electron chi connectivity index (χ1n) is 7.76. The fourth-order valence-electron chi connectivity index (χ4n) is 2.07. The Bertz CT molecular complexity index is 411. The fourth-order valence-corrected chi connectivity index (χ4v) is 2.07. The van der Waals surface area contributed by atoms with Crippen LogP contribution in [0, 0.1) is 6.92 Å². The highest BCUT2D eigenvalue weighted by molar-refractivity contribution is 5.54. The molecule has 0 aliphatic carbocycles. The number of allylic oxidation sites excluding steroid dienone is 2. The van der Waals surface area contributed by atoms with Crippen molar-refractivity contribution in [1.82, 2.24) is 0 Å². The van der Waals surface area contributed by atoms with Crippen molar-refractivity contribution in [1.29, 1.82) is 0 Å². The smallest absolute Gasteiger partial charge is 0.203 e. The Morgan fingerprint density at radius 1 is 0.905 bits per heavy atom. The summed E-state index contributed by atoms with van der Waals surface area (Å²) in [5.41, 5.74) is 1.19. The van der Waals surface area contributed by atoms with Crippen LogP contribution in [0.15, 0.2) is 24.3 Å². The predicted octanol–water partition coefficient (Wildman–Crippen LogP) is 4.60. The quantitative estimate of drug-likeness (QED) is 0.590. The maximum atomic E-state index is 5.71. The zero-order valence-electron chi connectivity index (χ0n) is 13.5. The van der Waals surface area contributed by atoms with Crippen LogP contribution in [-0.2, 0) is 6.42 Å². The first-order valence-corrected chi connectivity index (χ1v) is 7.76. The number of aryl methyl sites for hydroxylation is 1. The van der Waals surface area contributed by atoms with Crippen molar-refractivity contribution in [2.45, 2.75) is 40.0 Å². The largest absolute Gasteiger partial charge is 0.490 e. The van der Waals surface area contributed by atoms with E-state index in [9.17, 15) is 0 Å². The molecular weight excluding hydrogens is 264 g/mol. The van der Waals surface area contributed by atoms with Crippen molar-refractivity contribution in [3.05, 3.63) is 36.8 Å². The van der Waals surface area contributed by atoms with E-state index in [-0.39, 0.29) is 0 Å². The number of hydrogen-bond donors (Lipinski definition) is 0. The third-order valence-electron chi connectivity index (χ3n) is 2.90. The highest BCUT2D eigenvalue weighted by atomic mass is 16.5. The van der Waals surface area contributed by atoms with Crippen molar-refractivity contribution in [2.75, 3.05) is 19.8 Å². The average Bonchev–Trinajstić information content (AvgIpc) is 2.47. The summed E-state index contributed by atoms with van der Waals surface area (Å²) in [4.78, 5) is 0. The van der Waals surface area contributed by atoms with Crippen LogP contribution in [0.1, 0.15) is 39.2 Å². The van der Waals surface area contributed by atoms with Gasteiger partial charge in [-0.25, -0.2) is 0 Å². The molecule has 0 aliphatic heterocycles. The molecule has 1 aromatic rings. The molecule has 3 nitrogen and oxygen atoms in total. The number of hydrogen-bond acceptors (Lipinski definition) is 3. The van der Waals surface area contributed by atoms with Crippen LogP contribution < -0.4 is 14.2 Å². The van der Waals surface area contributed by atoms with Gasteiger partial charge in [-0.3, -0.25) is 0 Å². The first kappa shape index (κ1) is 17.4. The standard InChI is InChI=1S/C18H27O3/c1-5-9-10-11-12-15-13-16(19-6-2)18(21-8-4)17(14-15)20-7-3/h9-10,13-14H,1,5-8,11-12H2,2-4H3/b10-9+. The predicted molar refractivity (Wildman–Crippen MR) is 87.4 cm³/mol. The molecule has 1 aromatic carbocycles. The molecule has 1 radical (unpaired) electrons. The Hall–Kier alpha value is -1.64. The molecule has 3 heteroatoms. The highest BCUT2D eigenvalue weighted by Gasteiger charge is 2.14. The Balaban J connectivity index is 3.00. The van der Waals surface area contributed by atoms with Gasteiger partial charge in [0.2, 0.25) is 5.75 Å². The van der Waals surface area contributed by atoms with Gasteiger partial charge >= 0.3 is 0 Å². The summed E-state index contributed by atoms with van der Waals surface area (Å²) in [6, 6.07) is 4.10. The molecule has 0 atom stereocenters. The monoisotopic (exact) mass is 291 g/mol. The van der Waals surface area contributed by atoms with E-state index in [1.54, 1.807) is 0 Å². The number of benzene rings is 1. The summed E-state index contributed by atoms with van der Waals surface area (Å²) in [7, 11) is 0. The molecule has 0 unspecified atom stereocenters. The van der Waals surface area contributed by atoms with Crippen LogP contribution in [0.3, 0.4) is 0 Å². The molecule has 0 spiro atoms. The second-order valence-corrected chi connectivity index (χ2v) is 4.52. The second-order valence-electron chi connectivity index (χ2n) is 4.52. The van der Waals surface area contributed by atoms with Crippen LogP contribution in [-0.4, -0.2) is 19.8 Å². The Kier molecular flexibility index (Phi) is 8.41. The summed E-state index contributed by atoms with van der Waals surface area (Å²) < 4.78 is 17.1. The van der Waals surface area contributed by atoms with Crippen molar-refractivity contribution in [3.8, 4) is 17.2 Å². The van der Waals surface area contributed by atoms with Gasteiger partial charge in [0.15, 0.2) is 11.5 Å². The molecule has 1 rings (SSSR count). The fraction of sp³-hybridized carbons (Fsp3) is 0.500. The summed E-state index contributed by atoms with van der Waals surface area (Å²) in [6.45, 7) is 11.5. The molecule has 0 N–H and O–H groups in total. The molecule has 0 bridgehead atoms. The molecule has 0 aromatic heterocycles. The van der Waals surface area contributed by atoms with Crippen molar-refractivity contribution < 1.29 is 14.2 Å². The van der Waals surface area contributed by atoms with Gasteiger partial charge in [0, 0.05) is 0 Å². The van der Waals surface area contributed by atoms with E-state index in [2.05, 4.69) is 31.2 Å². The lowest BCUT2D eigenvalue weighted by Gasteiger charge is -2.17. The Labute approximate surface area is 128 Å².